The predicted octanol–water partition coefficient (Wildman–Crippen LogP) is 1.85. The quantitative estimate of drug-likeness (QED) is 0.817. The van der Waals surface area contributed by atoms with Gasteiger partial charge in [-0.15, -0.1) is 11.3 Å². The molecule has 0 aliphatic carbocycles. The third-order valence-electron chi connectivity index (χ3n) is 4.16. The van der Waals surface area contributed by atoms with E-state index in [4.69, 9.17) is 0 Å². The molecular weight excluding hydrogens is 230 g/mol. The lowest BCUT2D eigenvalue weighted by Crippen LogP contribution is -2.55. The molecule has 2 aliphatic heterocycles. The number of nitrogens with zero attached hydrogens (tertiary/aromatic N) is 3. The van der Waals surface area contributed by atoms with Crippen molar-refractivity contribution in [3.63, 3.8) is 0 Å². The first kappa shape index (κ1) is 11.6. The summed E-state index contributed by atoms with van der Waals surface area (Å²) in [4.78, 5) is 9.72. The molecule has 3 nitrogen and oxygen atoms in total. The largest absolute Gasteiger partial charge is 0.298 e. The number of aromatic nitrogens is 1. The Morgan fingerprint density at radius 3 is 3.24 bits per heavy atom. The molecule has 0 amide bonds. The maximum atomic E-state index is 4.37. The minimum atomic E-state index is 0.712. The van der Waals surface area contributed by atoms with E-state index in [1.54, 1.807) is 11.3 Å². The van der Waals surface area contributed by atoms with Crippen LogP contribution in [0.2, 0.25) is 0 Å². The molecule has 2 aliphatic rings. The van der Waals surface area contributed by atoms with Crippen molar-refractivity contribution in [3.8, 4) is 0 Å². The van der Waals surface area contributed by atoms with Crippen LogP contribution in [0.25, 0.3) is 0 Å². The smallest absolute Gasteiger partial charge is 0.0937 e. The molecule has 0 saturated carbocycles. The average Bonchev–Trinajstić information content (AvgIpc) is 2.95. The highest BCUT2D eigenvalue weighted by Crippen LogP contribution is 2.24. The van der Waals surface area contributed by atoms with Crippen LogP contribution in [0.5, 0.6) is 0 Å². The van der Waals surface area contributed by atoms with Crippen LogP contribution in [-0.4, -0.2) is 53.0 Å². The third kappa shape index (κ3) is 2.54. The van der Waals surface area contributed by atoms with Gasteiger partial charge in [0, 0.05) is 49.7 Å². The molecule has 3 heterocycles. The van der Waals surface area contributed by atoms with Crippen molar-refractivity contribution in [3.05, 3.63) is 16.6 Å². The standard InChI is InChI=1S/C13H21N3S/c1-11-9-16-6-2-3-12(16)10-15(11)7-4-13-14-5-8-17-13/h5,8,11-12H,2-4,6-7,9-10H2,1H3. The van der Waals surface area contributed by atoms with Crippen LogP contribution in [0.15, 0.2) is 11.6 Å². The Balaban J connectivity index is 1.55. The van der Waals surface area contributed by atoms with Crippen LogP contribution >= 0.6 is 11.3 Å². The molecule has 0 aromatic carbocycles. The Kier molecular flexibility index (Phi) is 3.45. The van der Waals surface area contributed by atoms with Crippen molar-refractivity contribution in [1.29, 1.82) is 0 Å². The van der Waals surface area contributed by atoms with Crippen LogP contribution in [0.3, 0.4) is 0 Å². The Morgan fingerprint density at radius 2 is 2.41 bits per heavy atom. The van der Waals surface area contributed by atoms with E-state index in [0.29, 0.717) is 6.04 Å². The number of thiazole rings is 1. The molecule has 2 unspecified atom stereocenters. The average molecular weight is 251 g/mol. The molecule has 2 atom stereocenters. The summed E-state index contributed by atoms with van der Waals surface area (Å²) in [5.74, 6) is 0. The van der Waals surface area contributed by atoms with Crippen molar-refractivity contribution in [2.24, 2.45) is 0 Å². The molecule has 4 heteroatoms. The summed E-state index contributed by atoms with van der Waals surface area (Å²) < 4.78 is 0. The molecule has 1 aromatic rings. The molecule has 3 rings (SSSR count). The predicted molar refractivity (Wildman–Crippen MR) is 71.4 cm³/mol. The van der Waals surface area contributed by atoms with Crippen molar-refractivity contribution in [1.82, 2.24) is 14.8 Å². The maximum Gasteiger partial charge on any atom is 0.0937 e. The summed E-state index contributed by atoms with van der Waals surface area (Å²) >= 11 is 1.78. The molecule has 17 heavy (non-hydrogen) atoms. The summed E-state index contributed by atoms with van der Waals surface area (Å²) in [6.07, 6.45) is 5.84. The fourth-order valence-corrected chi connectivity index (χ4v) is 3.78. The molecular formula is C13H21N3S. The number of piperazine rings is 1. The van der Waals surface area contributed by atoms with Gasteiger partial charge < -0.3 is 0 Å². The molecule has 2 saturated heterocycles. The molecule has 0 spiro atoms. The minimum Gasteiger partial charge on any atom is -0.298 e. The Hall–Kier alpha value is -0.450. The van der Waals surface area contributed by atoms with Crippen LogP contribution in [0, 0.1) is 0 Å². The second-order valence-electron chi connectivity index (χ2n) is 5.31. The Labute approximate surface area is 107 Å². The van der Waals surface area contributed by atoms with Gasteiger partial charge in [0.1, 0.15) is 0 Å². The fraction of sp³-hybridized carbons (Fsp3) is 0.769. The van der Waals surface area contributed by atoms with Gasteiger partial charge in [-0.25, -0.2) is 4.98 Å². The first-order valence-electron chi connectivity index (χ1n) is 6.69. The number of fused-ring (bicyclic) bond motifs is 1. The van der Waals surface area contributed by atoms with Gasteiger partial charge >= 0.3 is 0 Å². The van der Waals surface area contributed by atoms with Gasteiger partial charge in [-0.1, -0.05) is 0 Å². The minimum absolute atomic E-state index is 0.712. The van der Waals surface area contributed by atoms with E-state index < -0.39 is 0 Å². The summed E-state index contributed by atoms with van der Waals surface area (Å²) in [5.41, 5.74) is 0. The van der Waals surface area contributed by atoms with E-state index in [1.165, 1.54) is 44.0 Å². The zero-order valence-corrected chi connectivity index (χ0v) is 11.3. The lowest BCUT2D eigenvalue weighted by atomic mass is 10.1. The monoisotopic (exact) mass is 251 g/mol. The third-order valence-corrected chi connectivity index (χ3v) is 5.00. The zero-order valence-electron chi connectivity index (χ0n) is 10.5. The number of hydrogen-bond donors (Lipinski definition) is 0. The van der Waals surface area contributed by atoms with Gasteiger partial charge in [-0.05, 0) is 26.3 Å². The van der Waals surface area contributed by atoms with Gasteiger partial charge in [0.05, 0.1) is 5.01 Å². The summed E-state index contributed by atoms with van der Waals surface area (Å²) in [6.45, 7) is 7.42. The van der Waals surface area contributed by atoms with E-state index in [1.807, 2.05) is 6.20 Å². The van der Waals surface area contributed by atoms with Gasteiger partial charge in [-0.2, -0.15) is 0 Å². The highest BCUT2D eigenvalue weighted by molar-refractivity contribution is 7.09. The fourth-order valence-electron chi connectivity index (χ4n) is 3.18. The van der Waals surface area contributed by atoms with Gasteiger partial charge in [-0.3, -0.25) is 9.80 Å². The molecule has 94 valence electrons. The number of hydrogen-bond acceptors (Lipinski definition) is 4. The molecule has 1 aromatic heterocycles. The Morgan fingerprint density at radius 1 is 1.47 bits per heavy atom. The van der Waals surface area contributed by atoms with Crippen LogP contribution in [0.4, 0.5) is 0 Å². The molecule has 2 fully saturated rings. The van der Waals surface area contributed by atoms with Crippen molar-refractivity contribution in [2.45, 2.75) is 38.3 Å². The van der Waals surface area contributed by atoms with Crippen LogP contribution < -0.4 is 0 Å². The van der Waals surface area contributed by atoms with E-state index in [2.05, 4.69) is 27.1 Å². The van der Waals surface area contributed by atoms with Crippen molar-refractivity contribution < 1.29 is 0 Å². The van der Waals surface area contributed by atoms with Crippen LogP contribution in [-0.2, 0) is 6.42 Å². The maximum absolute atomic E-state index is 4.37. The van der Waals surface area contributed by atoms with Crippen molar-refractivity contribution in [2.75, 3.05) is 26.2 Å². The normalized spacial score (nSPS) is 30.6. The van der Waals surface area contributed by atoms with E-state index in [0.717, 1.165) is 12.5 Å². The first-order chi connectivity index (χ1) is 8.33. The molecule has 0 bridgehead atoms. The summed E-state index contributed by atoms with van der Waals surface area (Å²) in [6, 6.07) is 1.55. The highest BCUT2D eigenvalue weighted by atomic mass is 32.1. The van der Waals surface area contributed by atoms with Gasteiger partial charge in [0.25, 0.3) is 0 Å². The second-order valence-corrected chi connectivity index (χ2v) is 6.29. The van der Waals surface area contributed by atoms with Crippen LogP contribution in [0.1, 0.15) is 24.8 Å². The zero-order chi connectivity index (χ0) is 11.7. The lowest BCUT2D eigenvalue weighted by Gasteiger charge is -2.42. The topological polar surface area (TPSA) is 19.4 Å². The van der Waals surface area contributed by atoms with Gasteiger partial charge in [0.15, 0.2) is 0 Å². The molecule has 0 radical (unpaired) electrons. The highest BCUT2D eigenvalue weighted by Gasteiger charge is 2.33. The van der Waals surface area contributed by atoms with E-state index >= 15 is 0 Å². The molecule has 0 N–H and O–H groups in total. The first-order valence-corrected chi connectivity index (χ1v) is 7.57. The summed E-state index contributed by atoms with van der Waals surface area (Å²) in [7, 11) is 0. The van der Waals surface area contributed by atoms with E-state index in [-0.39, 0.29) is 0 Å². The van der Waals surface area contributed by atoms with Gasteiger partial charge in [0.2, 0.25) is 0 Å². The van der Waals surface area contributed by atoms with E-state index in [9.17, 15) is 0 Å². The SMILES string of the molecule is CC1CN2CCCC2CN1CCc1nccs1. The number of rotatable bonds is 3. The van der Waals surface area contributed by atoms with Crippen molar-refractivity contribution >= 4 is 11.3 Å². The Bertz CT molecular complexity index is 352. The second kappa shape index (κ2) is 5.04. The summed E-state index contributed by atoms with van der Waals surface area (Å²) in [5, 5.41) is 3.36. The lowest BCUT2D eigenvalue weighted by molar-refractivity contribution is 0.0605.